The number of rotatable bonds is 5. The fourth-order valence-electron chi connectivity index (χ4n) is 3.72. The van der Waals surface area contributed by atoms with E-state index in [4.69, 9.17) is 4.74 Å². The first-order chi connectivity index (χ1) is 12.2. The smallest absolute Gasteiger partial charge is 0.257 e. The Morgan fingerprint density at radius 1 is 1.40 bits per heavy atom. The monoisotopic (exact) mass is 342 g/mol. The molecule has 1 amide bonds. The molecule has 25 heavy (non-hydrogen) atoms. The third-order valence-corrected chi connectivity index (χ3v) is 5.18. The summed E-state index contributed by atoms with van der Waals surface area (Å²) in [6, 6.07) is 0. The number of carbonyl (C=O) groups is 1. The summed E-state index contributed by atoms with van der Waals surface area (Å²) in [6.45, 7) is 3.64. The molecule has 3 heterocycles. The lowest BCUT2D eigenvalue weighted by Gasteiger charge is -2.16. The maximum Gasteiger partial charge on any atom is 0.257 e. The summed E-state index contributed by atoms with van der Waals surface area (Å²) in [6.07, 6.45) is 5.53. The highest BCUT2D eigenvalue weighted by molar-refractivity contribution is 5.95. The Labute approximate surface area is 146 Å². The quantitative estimate of drug-likeness (QED) is 0.880. The van der Waals surface area contributed by atoms with E-state index in [9.17, 15) is 4.79 Å². The van der Waals surface area contributed by atoms with Crippen LogP contribution in [-0.2, 0) is 11.3 Å². The van der Waals surface area contributed by atoms with Crippen molar-refractivity contribution in [1.82, 2.24) is 30.0 Å². The molecule has 1 N–H and O–H groups in total. The summed E-state index contributed by atoms with van der Waals surface area (Å²) in [5.41, 5.74) is 1.29. The zero-order valence-electron chi connectivity index (χ0n) is 14.5. The third kappa shape index (κ3) is 3.13. The predicted octanol–water partition coefficient (Wildman–Crippen LogP) is 1.32. The van der Waals surface area contributed by atoms with Gasteiger partial charge in [0.05, 0.1) is 11.3 Å². The highest BCUT2D eigenvalue weighted by Crippen LogP contribution is 2.47. The number of nitrogens with zero attached hydrogens (tertiary/aromatic N) is 5. The Hall–Kier alpha value is -2.35. The van der Waals surface area contributed by atoms with E-state index in [1.807, 2.05) is 11.8 Å². The lowest BCUT2D eigenvalue weighted by atomic mass is 9.91. The maximum absolute atomic E-state index is 12.9. The zero-order valence-corrected chi connectivity index (χ0v) is 14.5. The number of H-pyrrole nitrogens is 1. The summed E-state index contributed by atoms with van der Waals surface area (Å²) in [7, 11) is 1.63. The van der Waals surface area contributed by atoms with E-state index in [2.05, 4.69) is 25.1 Å². The Balaban J connectivity index is 1.56. The Morgan fingerprint density at radius 2 is 2.24 bits per heavy atom. The molecule has 8 heteroatoms. The van der Waals surface area contributed by atoms with Gasteiger partial charge in [0, 0.05) is 32.3 Å². The van der Waals surface area contributed by atoms with Crippen LogP contribution in [-0.4, -0.2) is 56.2 Å². The largest absolute Gasteiger partial charge is 0.377 e. The minimum atomic E-state index is -0.00102. The molecule has 1 saturated carbocycles. The number of ether oxygens (including phenoxy) is 1. The van der Waals surface area contributed by atoms with Crippen LogP contribution in [0.1, 0.15) is 46.5 Å². The summed E-state index contributed by atoms with van der Waals surface area (Å²) >= 11 is 0. The van der Waals surface area contributed by atoms with Crippen molar-refractivity contribution in [2.75, 3.05) is 20.2 Å². The van der Waals surface area contributed by atoms with Crippen LogP contribution in [0.25, 0.3) is 0 Å². The highest BCUT2D eigenvalue weighted by atomic mass is 16.5. The van der Waals surface area contributed by atoms with Gasteiger partial charge >= 0.3 is 0 Å². The van der Waals surface area contributed by atoms with Crippen molar-refractivity contribution in [3.05, 3.63) is 35.4 Å². The molecule has 4 rings (SSSR count). The van der Waals surface area contributed by atoms with Crippen LogP contribution in [0.3, 0.4) is 0 Å². The van der Waals surface area contributed by atoms with Crippen molar-refractivity contribution in [2.24, 2.45) is 11.8 Å². The SMILES string of the molecule is COCc1nc([C@H]2CN(C(=O)c3cncnc3C)C[C@@H]2C2CC2)n[nH]1. The normalized spacial score (nSPS) is 23.2. The van der Waals surface area contributed by atoms with Gasteiger partial charge in [-0.15, -0.1) is 0 Å². The van der Waals surface area contributed by atoms with Crippen molar-refractivity contribution < 1.29 is 9.53 Å². The second kappa shape index (κ2) is 6.51. The number of hydrogen-bond donors (Lipinski definition) is 1. The first-order valence-electron chi connectivity index (χ1n) is 8.63. The molecule has 0 aromatic carbocycles. The first-order valence-corrected chi connectivity index (χ1v) is 8.63. The molecule has 2 atom stereocenters. The van der Waals surface area contributed by atoms with Gasteiger partial charge in [0.15, 0.2) is 11.6 Å². The molecule has 2 aromatic heterocycles. The van der Waals surface area contributed by atoms with E-state index in [1.54, 1.807) is 13.3 Å². The van der Waals surface area contributed by atoms with Gasteiger partial charge < -0.3 is 9.64 Å². The van der Waals surface area contributed by atoms with E-state index in [0.717, 1.165) is 18.2 Å². The number of carbonyl (C=O) groups excluding carboxylic acids is 1. The van der Waals surface area contributed by atoms with Crippen LogP contribution in [0.2, 0.25) is 0 Å². The van der Waals surface area contributed by atoms with Gasteiger partial charge in [-0.3, -0.25) is 9.89 Å². The molecule has 8 nitrogen and oxygen atoms in total. The fraction of sp³-hybridized carbons (Fsp3) is 0.588. The number of aromatic amines is 1. The van der Waals surface area contributed by atoms with Gasteiger partial charge in [0.2, 0.25) is 0 Å². The van der Waals surface area contributed by atoms with Crippen molar-refractivity contribution >= 4 is 5.91 Å². The van der Waals surface area contributed by atoms with Crippen molar-refractivity contribution in [3.8, 4) is 0 Å². The van der Waals surface area contributed by atoms with E-state index in [0.29, 0.717) is 36.2 Å². The molecule has 1 aliphatic carbocycles. The van der Waals surface area contributed by atoms with E-state index in [-0.39, 0.29) is 11.8 Å². The Morgan fingerprint density at radius 3 is 2.96 bits per heavy atom. The van der Waals surface area contributed by atoms with Crippen LogP contribution < -0.4 is 0 Å². The number of aryl methyl sites for hydroxylation is 1. The molecule has 2 aliphatic rings. The summed E-state index contributed by atoms with van der Waals surface area (Å²) in [5.74, 6) is 2.77. The van der Waals surface area contributed by atoms with Gasteiger partial charge in [-0.1, -0.05) is 0 Å². The van der Waals surface area contributed by atoms with Gasteiger partial charge in [-0.2, -0.15) is 5.10 Å². The summed E-state index contributed by atoms with van der Waals surface area (Å²) in [4.78, 5) is 27.5. The van der Waals surface area contributed by atoms with Crippen LogP contribution in [0.15, 0.2) is 12.5 Å². The molecule has 1 aliphatic heterocycles. The van der Waals surface area contributed by atoms with Crippen molar-refractivity contribution in [3.63, 3.8) is 0 Å². The topological polar surface area (TPSA) is 96.9 Å². The van der Waals surface area contributed by atoms with Crippen LogP contribution in [0.5, 0.6) is 0 Å². The van der Waals surface area contributed by atoms with Crippen LogP contribution in [0, 0.1) is 18.8 Å². The van der Waals surface area contributed by atoms with Crippen molar-refractivity contribution in [2.45, 2.75) is 32.3 Å². The van der Waals surface area contributed by atoms with Gasteiger partial charge in [-0.25, -0.2) is 15.0 Å². The van der Waals surface area contributed by atoms with Gasteiger partial charge in [0.1, 0.15) is 12.9 Å². The van der Waals surface area contributed by atoms with Gasteiger partial charge in [0.25, 0.3) is 5.91 Å². The van der Waals surface area contributed by atoms with Gasteiger partial charge in [-0.05, 0) is 31.6 Å². The molecule has 2 fully saturated rings. The molecule has 0 radical (unpaired) electrons. The molecule has 132 valence electrons. The predicted molar refractivity (Wildman–Crippen MR) is 88.7 cm³/mol. The molecule has 1 saturated heterocycles. The molecular formula is C17H22N6O2. The van der Waals surface area contributed by atoms with Crippen LogP contribution >= 0.6 is 0 Å². The number of aromatic nitrogens is 5. The Kier molecular flexibility index (Phi) is 4.20. The molecule has 0 bridgehead atoms. The maximum atomic E-state index is 12.9. The average molecular weight is 342 g/mol. The van der Waals surface area contributed by atoms with E-state index < -0.39 is 0 Å². The second-order valence-electron chi connectivity index (χ2n) is 6.91. The first kappa shape index (κ1) is 16.1. The minimum absolute atomic E-state index is 0.00102. The summed E-state index contributed by atoms with van der Waals surface area (Å²) in [5, 5.41) is 7.32. The number of hydrogen-bond acceptors (Lipinski definition) is 6. The molecule has 2 aromatic rings. The van der Waals surface area contributed by atoms with Crippen molar-refractivity contribution in [1.29, 1.82) is 0 Å². The lowest BCUT2D eigenvalue weighted by Crippen LogP contribution is -2.30. The number of methoxy groups -OCH3 is 1. The van der Waals surface area contributed by atoms with E-state index in [1.165, 1.54) is 19.2 Å². The third-order valence-electron chi connectivity index (χ3n) is 5.18. The number of nitrogens with one attached hydrogen (secondary N) is 1. The standard InChI is InChI=1S/C17H22N6O2/c1-10-12(5-18-9-19-10)17(24)23-6-13(11-3-4-11)14(7-23)16-20-15(8-25-2)21-22-16/h5,9,11,13-14H,3-4,6-8H2,1-2H3,(H,20,21,22)/t13-,14+/m1/s1. The van der Waals surface area contributed by atoms with E-state index >= 15 is 0 Å². The lowest BCUT2D eigenvalue weighted by molar-refractivity contribution is 0.0783. The summed E-state index contributed by atoms with van der Waals surface area (Å²) < 4.78 is 5.11. The fourth-order valence-corrected chi connectivity index (χ4v) is 3.72. The number of amides is 1. The second-order valence-corrected chi connectivity index (χ2v) is 6.91. The average Bonchev–Trinajstić information content (AvgIpc) is 3.19. The van der Waals surface area contributed by atoms with Crippen LogP contribution in [0.4, 0.5) is 0 Å². The zero-order chi connectivity index (χ0) is 17.4. The Bertz CT molecular complexity index is 772. The number of likely N-dealkylation sites (tertiary alicyclic amines) is 1. The molecule has 0 spiro atoms. The highest BCUT2D eigenvalue weighted by Gasteiger charge is 2.46. The molecule has 0 unspecified atom stereocenters. The minimum Gasteiger partial charge on any atom is -0.377 e. The molecular weight excluding hydrogens is 320 g/mol.